The van der Waals surface area contributed by atoms with Crippen molar-refractivity contribution in [1.29, 1.82) is 0 Å². The first kappa shape index (κ1) is 12.6. The zero-order chi connectivity index (χ0) is 13.1. The first-order valence-corrected chi connectivity index (χ1v) is 5.68. The molecule has 1 unspecified atom stereocenters. The molecule has 0 saturated heterocycles. The van der Waals surface area contributed by atoms with Gasteiger partial charge in [0.05, 0.1) is 18.2 Å². The van der Waals surface area contributed by atoms with Crippen LogP contribution in [0.5, 0.6) is 0 Å². The number of nitrogens with zero attached hydrogens (tertiary/aromatic N) is 3. The number of hydrogen-bond donors (Lipinski definition) is 1. The minimum Gasteiger partial charge on any atom is -0.460 e. The van der Waals surface area contributed by atoms with Crippen molar-refractivity contribution in [2.75, 3.05) is 25.6 Å². The normalized spacial score (nSPS) is 18.3. The lowest BCUT2D eigenvalue weighted by atomic mass is 10.1. The maximum Gasteiger partial charge on any atom is 0.338 e. The summed E-state index contributed by atoms with van der Waals surface area (Å²) in [5.41, 5.74) is 1.30. The Morgan fingerprint density at radius 1 is 1.56 bits per heavy atom. The Bertz CT molecular complexity index is 480. The Balaban J connectivity index is 2.14. The number of carbonyl (C=O) groups excluding carboxylic acids is 1. The lowest BCUT2D eigenvalue weighted by Gasteiger charge is -2.24. The molecule has 7 heteroatoms. The van der Waals surface area contributed by atoms with Gasteiger partial charge in [0.15, 0.2) is 0 Å². The predicted octanol–water partition coefficient (Wildman–Crippen LogP) is 0.728. The molecule has 0 bridgehead atoms. The Morgan fingerprint density at radius 2 is 2.33 bits per heavy atom. The summed E-state index contributed by atoms with van der Waals surface area (Å²) in [4.78, 5) is 16.0. The zero-order valence-corrected chi connectivity index (χ0v) is 10.6. The quantitative estimate of drug-likeness (QED) is 0.628. The highest BCUT2D eigenvalue weighted by Gasteiger charge is 2.29. The third-order valence-corrected chi connectivity index (χ3v) is 2.80. The van der Waals surface area contributed by atoms with Gasteiger partial charge in [-0.2, -0.15) is 10.1 Å². The van der Waals surface area contributed by atoms with Gasteiger partial charge in [-0.3, -0.25) is 0 Å². The fraction of sp³-hybridized carbons (Fsp3) is 0.545. The molecule has 2 heterocycles. The van der Waals surface area contributed by atoms with Gasteiger partial charge in [-0.1, -0.05) is 0 Å². The van der Waals surface area contributed by atoms with Crippen molar-refractivity contribution in [2.45, 2.75) is 19.9 Å². The SMILES string of the molecule is COCCOC(=O)C1=C(C)Nc2ncnn2C1C. The first-order valence-electron chi connectivity index (χ1n) is 5.68. The standard InChI is InChI=1S/C11H16N4O3/c1-7-9(10(16)18-5-4-17-3)8(2)15-11(14-7)12-6-13-15/h6,8H,4-5H2,1-3H3,(H,12,13,14). The van der Waals surface area contributed by atoms with Crippen LogP contribution < -0.4 is 5.32 Å². The molecule has 1 N–H and O–H groups in total. The largest absolute Gasteiger partial charge is 0.460 e. The average Bonchev–Trinajstić information content (AvgIpc) is 2.77. The highest BCUT2D eigenvalue weighted by Crippen LogP contribution is 2.29. The molecule has 0 aromatic carbocycles. The van der Waals surface area contributed by atoms with Gasteiger partial charge < -0.3 is 14.8 Å². The van der Waals surface area contributed by atoms with Crippen LogP contribution in [0.1, 0.15) is 19.9 Å². The minimum atomic E-state index is -0.356. The molecule has 0 spiro atoms. The second-order valence-corrected chi connectivity index (χ2v) is 4.00. The summed E-state index contributed by atoms with van der Waals surface area (Å²) in [7, 11) is 1.56. The topological polar surface area (TPSA) is 78.3 Å². The number of methoxy groups -OCH3 is 1. The second kappa shape index (κ2) is 5.18. The smallest absolute Gasteiger partial charge is 0.338 e. The highest BCUT2D eigenvalue weighted by atomic mass is 16.6. The van der Waals surface area contributed by atoms with Crippen molar-refractivity contribution < 1.29 is 14.3 Å². The fourth-order valence-corrected chi connectivity index (χ4v) is 1.91. The van der Waals surface area contributed by atoms with Gasteiger partial charge in [-0.15, -0.1) is 0 Å². The third-order valence-electron chi connectivity index (χ3n) is 2.80. The molecule has 1 aromatic heterocycles. The molecule has 0 fully saturated rings. The molecule has 1 aliphatic heterocycles. The average molecular weight is 252 g/mol. The molecule has 7 nitrogen and oxygen atoms in total. The lowest BCUT2D eigenvalue weighted by Crippen LogP contribution is -2.27. The number of esters is 1. The lowest BCUT2D eigenvalue weighted by molar-refractivity contribution is -0.140. The van der Waals surface area contributed by atoms with Gasteiger partial charge in [0.1, 0.15) is 12.9 Å². The van der Waals surface area contributed by atoms with Crippen molar-refractivity contribution in [2.24, 2.45) is 0 Å². The van der Waals surface area contributed by atoms with Crippen molar-refractivity contribution in [3.63, 3.8) is 0 Å². The summed E-state index contributed by atoms with van der Waals surface area (Å²) >= 11 is 0. The maximum atomic E-state index is 12.0. The summed E-state index contributed by atoms with van der Waals surface area (Å²) < 4.78 is 11.6. The number of ether oxygens (including phenoxy) is 2. The van der Waals surface area contributed by atoms with E-state index >= 15 is 0 Å². The van der Waals surface area contributed by atoms with Gasteiger partial charge in [0.25, 0.3) is 0 Å². The monoisotopic (exact) mass is 252 g/mol. The molecule has 0 saturated carbocycles. The molecule has 1 atom stereocenters. The molecular weight excluding hydrogens is 236 g/mol. The summed E-state index contributed by atoms with van der Waals surface area (Å²) in [6, 6.07) is -0.196. The number of anilines is 1. The van der Waals surface area contributed by atoms with Crippen LogP contribution in [0.4, 0.5) is 5.95 Å². The summed E-state index contributed by atoms with van der Waals surface area (Å²) in [5, 5.41) is 7.11. The van der Waals surface area contributed by atoms with E-state index in [-0.39, 0.29) is 18.6 Å². The molecule has 1 aromatic rings. The molecule has 0 amide bonds. The summed E-state index contributed by atoms with van der Waals surface area (Å²) in [6.45, 7) is 4.33. The molecule has 0 radical (unpaired) electrons. The van der Waals surface area contributed by atoms with Crippen molar-refractivity contribution >= 4 is 11.9 Å². The Morgan fingerprint density at radius 3 is 3.06 bits per heavy atom. The van der Waals surface area contributed by atoms with Gasteiger partial charge in [-0.05, 0) is 13.8 Å². The Kier molecular flexibility index (Phi) is 3.61. The number of fused-ring (bicyclic) bond motifs is 1. The molecule has 1 aliphatic rings. The van der Waals surface area contributed by atoms with E-state index in [1.807, 2.05) is 13.8 Å². The Labute approximate surface area is 105 Å². The molecule has 0 aliphatic carbocycles. The van der Waals surface area contributed by atoms with E-state index in [1.165, 1.54) is 6.33 Å². The highest BCUT2D eigenvalue weighted by molar-refractivity contribution is 5.91. The second-order valence-electron chi connectivity index (χ2n) is 4.00. The van der Waals surface area contributed by atoms with E-state index in [4.69, 9.17) is 9.47 Å². The van der Waals surface area contributed by atoms with Crippen LogP contribution >= 0.6 is 0 Å². The van der Waals surface area contributed by atoms with Crippen LogP contribution in [0.15, 0.2) is 17.6 Å². The van der Waals surface area contributed by atoms with E-state index in [1.54, 1.807) is 11.8 Å². The number of hydrogen-bond acceptors (Lipinski definition) is 6. The summed E-state index contributed by atoms with van der Waals surface area (Å²) in [6.07, 6.45) is 1.45. The van der Waals surface area contributed by atoms with Gasteiger partial charge in [0, 0.05) is 12.8 Å². The van der Waals surface area contributed by atoms with Crippen LogP contribution in [-0.4, -0.2) is 41.1 Å². The van der Waals surface area contributed by atoms with Crippen LogP contribution in [0, 0.1) is 0 Å². The zero-order valence-electron chi connectivity index (χ0n) is 10.6. The van der Waals surface area contributed by atoms with Crippen molar-refractivity contribution in [1.82, 2.24) is 14.8 Å². The van der Waals surface area contributed by atoms with Gasteiger partial charge >= 0.3 is 5.97 Å². The number of rotatable bonds is 4. The first-order chi connectivity index (χ1) is 8.65. The molecule has 18 heavy (non-hydrogen) atoms. The van der Waals surface area contributed by atoms with Crippen LogP contribution in [-0.2, 0) is 14.3 Å². The van der Waals surface area contributed by atoms with Gasteiger partial charge in [0.2, 0.25) is 5.95 Å². The number of allylic oxidation sites excluding steroid dienone is 1. The summed E-state index contributed by atoms with van der Waals surface area (Å²) in [5.74, 6) is 0.277. The van der Waals surface area contributed by atoms with Crippen LogP contribution in [0.2, 0.25) is 0 Å². The third kappa shape index (κ3) is 2.21. The van der Waals surface area contributed by atoms with Crippen LogP contribution in [0.3, 0.4) is 0 Å². The Hall–Kier alpha value is -1.89. The molecule has 2 rings (SSSR count). The van der Waals surface area contributed by atoms with Crippen LogP contribution in [0.25, 0.3) is 0 Å². The van der Waals surface area contributed by atoms with Crippen molar-refractivity contribution in [3.8, 4) is 0 Å². The maximum absolute atomic E-state index is 12.0. The van der Waals surface area contributed by atoms with E-state index in [2.05, 4.69) is 15.4 Å². The number of nitrogens with one attached hydrogen (secondary N) is 1. The van der Waals surface area contributed by atoms with Crippen molar-refractivity contribution in [3.05, 3.63) is 17.6 Å². The minimum absolute atomic E-state index is 0.196. The number of aromatic nitrogens is 3. The van der Waals surface area contributed by atoms with Gasteiger partial charge in [-0.25, -0.2) is 9.48 Å². The van der Waals surface area contributed by atoms with E-state index in [0.29, 0.717) is 18.1 Å². The fourth-order valence-electron chi connectivity index (χ4n) is 1.91. The molecule has 98 valence electrons. The molecular formula is C11H16N4O3. The predicted molar refractivity (Wildman–Crippen MR) is 63.9 cm³/mol. The number of carbonyl (C=O) groups is 1. The van der Waals surface area contributed by atoms with E-state index < -0.39 is 0 Å². The van der Waals surface area contributed by atoms with E-state index in [0.717, 1.165) is 5.70 Å². The van der Waals surface area contributed by atoms with E-state index in [9.17, 15) is 4.79 Å².